The van der Waals surface area contributed by atoms with E-state index < -0.39 is 0 Å². The average Bonchev–Trinajstić information content (AvgIpc) is 2.64. The number of likely N-dealkylation sites (tertiary alicyclic amines) is 1. The van der Waals surface area contributed by atoms with E-state index in [9.17, 15) is 0 Å². The van der Waals surface area contributed by atoms with Gasteiger partial charge in [0.1, 0.15) is 0 Å². The Kier molecular flexibility index (Phi) is 8.48. The average molecular weight is 286 g/mol. The molecule has 0 aromatic heterocycles. The molecule has 1 saturated heterocycles. The number of hydrogen-bond acceptors (Lipinski definition) is 2. The molecule has 0 N–H and O–H groups in total. The predicted octanol–water partition coefficient (Wildman–Crippen LogP) is 5.16. The zero-order chi connectivity index (χ0) is 14.1. The van der Waals surface area contributed by atoms with Crippen LogP contribution in [-0.2, 0) is 0 Å². The normalized spacial score (nSPS) is 22.4. The number of hydrogen-bond donors (Lipinski definition) is 1. The van der Waals surface area contributed by atoms with Crippen molar-refractivity contribution in [1.82, 2.24) is 4.90 Å². The minimum Gasteiger partial charge on any atom is -0.300 e. The lowest BCUT2D eigenvalue weighted by Gasteiger charge is -2.40. The zero-order valence-corrected chi connectivity index (χ0v) is 14.4. The molecule has 1 rings (SSSR count). The van der Waals surface area contributed by atoms with Crippen LogP contribution in [0.4, 0.5) is 0 Å². The third-order valence-electron chi connectivity index (χ3n) is 4.90. The molecular weight excluding hydrogens is 250 g/mol. The van der Waals surface area contributed by atoms with Crippen molar-refractivity contribution in [2.24, 2.45) is 5.41 Å². The molecule has 0 spiro atoms. The van der Waals surface area contributed by atoms with Gasteiger partial charge in [-0.3, -0.25) is 4.90 Å². The van der Waals surface area contributed by atoms with Crippen LogP contribution in [0.15, 0.2) is 0 Å². The second-order valence-electron chi connectivity index (χ2n) is 6.54. The number of nitrogens with zero attached hydrogens (tertiary/aromatic N) is 1. The summed E-state index contributed by atoms with van der Waals surface area (Å²) in [6.45, 7) is 9.63. The van der Waals surface area contributed by atoms with E-state index in [1.807, 2.05) is 0 Å². The van der Waals surface area contributed by atoms with E-state index in [2.05, 4.69) is 25.7 Å². The Hall–Kier alpha value is 0.310. The molecule has 1 heterocycles. The number of thiol groups is 1. The third kappa shape index (κ3) is 5.30. The van der Waals surface area contributed by atoms with Gasteiger partial charge in [-0.2, -0.15) is 12.6 Å². The summed E-state index contributed by atoms with van der Waals surface area (Å²) < 4.78 is 0. The summed E-state index contributed by atoms with van der Waals surface area (Å²) in [6.07, 6.45) is 12.3. The molecule has 2 heteroatoms. The van der Waals surface area contributed by atoms with Crippen LogP contribution >= 0.6 is 12.6 Å². The van der Waals surface area contributed by atoms with E-state index >= 15 is 0 Å². The molecule has 19 heavy (non-hydrogen) atoms. The molecule has 1 unspecified atom stereocenters. The van der Waals surface area contributed by atoms with Crippen molar-refractivity contribution >= 4 is 12.6 Å². The Morgan fingerprint density at radius 2 is 1.74 bits per heavy atom. The largest absolute Gasteiger partial charge is 0.300 e. The first-order chi connectivity index (χ1) is 9.21. The fourth-order valence-corrected chi connectivity index (χ4v) is 4.31. The van der Waals surface area contributed by atoms with E-state index in [1.165, 1.54) is 70.9 Å². The molecule has 1 atom stereocenters. The van der Waals surface area contributed by atoms with E-state index in [4.69, 9.17) is 12.6 Å². The molecule has 1 fully saturated rings. The zero-order valence-electron chi connectivity index (χ0n) is 13.5. The van der Waals surface area contributed by atoms with Gasteiger partial charge in [0, 0.05) is 12.6 Å². The highest BCUT2D eigenvalue weighted by Crippen LogP contribution is 2.34. The molecule has 0 radical (unpaired) electrons. The van der Waals surface area contributed by atoms with Crippen molar-refractivity contribution in [2.45, 2.75) is 84.6 Å². The maximum atomic E-state index is 4.73. The maximum absolute atomic E-state index is 4.73. The van der Waals surface area contributed by atoms with Crippen LogP contribution in [0.2, 0.25) is 0 Å². The van der Waals surface area contributed by atoms with Crippen LogP contribution in [0.3, 0.4) is 0 Å². The van der Waals surface area contributed by atoms with E-state index in [0.717, 1.165) is 11.8 Å². The molecule has 0 bridgehead atoms. The molecule has 0 amide bonds. The highest BCUT2D eigenvalue weighted by molar-refractivity contribution is 7.80. The van der Waals surface area contributed by atoms with Crippen molar-refractivity contribution in [3.63, 3.8) is 0 Å². The Balaban J connectivity index is 2.73. The molecule has 0 aliphatic carbocycles. The Labute approximate surface area is 126 Å². The van der Waals surface area contributed by atoms with E-state index in [1.54, 1.807) is 0 Å². The van der Waals surface area contributed by atoms with Gasteiger partial charge in [0.05, 0.1) is 0 Å². The Morgan fingerprint density at radius 3 is 2.26 bits per heavy atom. The van der Waals surface area contributed by atoms with Gasteiger partial charge in [-0.25, -0.2) is 0 Å². The van der Waals surface area contributed by atoms with Crippen LogP contribution in [-0.4, -0.2) is 29.8 Å². The van der Waals surface area contributed by atoms with Crippen molar-refractivity contribution in [3.8, 4) is 0 Å². The summed E-state index contributed by atoms with van der Waals surface area (Å²) in [5, 5.41) is 0. The molecule has 1 nitrogen and oxygen atoms in total. The summed E-state index contributed by atoms with van der Waals surface area (Å²) >= 11 is 4.73. The quantitative estimate of drug-likeness (QED) is 0.603. The van der Waals surface area contributed by atoms with Crippen LogP contribution in [0.5, 0.6) is 0 Å². The van der Waals surface area contributed by atoms with Crippen LogP contribution < -0.4 is 0 Å². The van der Waals surface area contributed by atoms with Gasteiger partial charge in [-0.1, -0.05) is 46.5 Å². The van der Waals surface area contributed by atoms with Gasteiger partial charge >= 0.3 is 0 Å². The lowest BCUT2D eigenvalue weighted by molar-refractivity contribution is 0.106. The van der Waals surface area contributed by atoms with Crippen LogP contribution in [0.25, 0.3) is 0 Å². The fourth-order valence-electron chi connectivity index (χ4n) is 3.89. The van der Waals surface area contributed by atoms with Crippen molar-refractivity contribution in [2.75, 3.05) is 18.8 Å². The second kappa shape index (κ2) is 9.28. The Bertz CT molecular complexity index is 223. The summed E-state index contributed by atoms with van der Waals surface area (Å²) in [7, 11) is 0. The lowest BCUT2D eigenvalue weighted by Crippen LogP contribution is -2.44. The monoisotopic (exact) mass is 285 g/mol. The van der Waals surface area contributed by atoms with Crippen molar-refractivity contribution in [3.05, 3.63) is 0 Å². The van der Waals surface area contributed by atoms with Gasteiger partial charge in [-0.05, 0) is 49.8 Å². The predicted molar refractivity (Wildman–Crippen MR) is 90.2 cm³/mol. The van der Waals surface area contributed by atoms with Crippen LogP contribution in [0, 0.1) is 5.41 Å². The van der Waals surface area contributed by atoms with E-state index in [0.29, 0.717) is 5.41 Å². The highest BCUT2D eigenvalue weighted by Gasteiger charge is 2.32. The van der Waals surface area contributed by atoms with Crippen molar-refractivity contribution in [1.29, 1.82) is 0 Å². The first kappa shape index (κ1) is 17.4. The first-order valence-electron chi connectivity index (χ1n) is 8.56. The topological polar surface area (TPSA) is 3.24 Å². The highest BCUT2D eigenvalue weighted by atomic mass is 32.1. The van der Waals surface area contributed by atoms with Gasteiger partial charge in [0.15, 0.2) is 0 Å². The summed E-state index contributed by atoms with van der Waals surface area (Å²) in [5.74, 6) is 1.06. The molecule has 114 valence electrons. The number of rotatable bonds is 8. The third-order valence-corrected chi connectivity index (χ3v) is 5.58. The summed E-state index contributed by atoms with van der Waals surface area (Å²) in [6, 6.07) is 0.829. The minimum atomic E-state index is 0.463. The molecule has 1 aliphatic rings. The molecule has 1 aliphatic heterocycles. The van der Waals surface area contributed by atoms with Crippen LogP contribution in [0.1, 0.15) is 78.6 Å². The van der Waals surface area contributed by atoms with Crippen molar-refractivity contribution < 1.29 is 0 Å². The van der Waals surface area contributed by atoms with Gasteiger partial charge in [0.2, 0.25) is 0 Å². The molecule has 0 aromatic carbocycles. The summed E-state index contributed by atoms with van der Waals surface area (Å²) in [4.78, 5) is 2.81. The smallest absolute Gasteiger partial charge is 0.00928 e. The van der Waals surface area contributed by atoms with Gasteiger partial charge < -0.3 is 0 Å². The fraction of sp³-hybridized carbons (Fsp3) is 1.00. The second-order valence-corrected chi connectivity index (χ2v) is 6.86. The maximum Gasteiger partial charge on any atom is 0.00928 e. The molecule has 0 saturated carbocycles. The summed E-state index contributed by atoms with van der Waals surface area (Å²) in [5.41, 5.74) is 0.463. The Morgan fingerprint density at radius 1 is 1.05 bits per heavy atom. The standard InChI is InChI=1S/C17H35NS/c1-4-11-17(15-19,12-5-2)14-18-13-9-7-8-10-16(18)6-3/h16,19H,4-15H2,1-3H3. The van der Waals surface area contributed by atoms with Gasteiger partial charge in [0.25, 0.3) is 0 Å². The first-order valence-corrected chi connectivity index (χ1v) is 9.19. The van der Waals surface area contributed by atoms with E-state index in [-0.39, 0.29) is 0 Å². The SMILES string of the molecule is CCCC(CS)(CCC)CN1CCCCCC1CC. The van der Waals surface area contributed by atoms with Gasteiger partial charge in [-0.15, -0.1) is 0 Å². The molecule has 0 aromatic rings. The minimum absolute atomic E-state index is 0.463. The lowest BCUT2D eigenvalue weighted by atomic mass is 9.80. The molecular formula is C17H35NS.